The van der Waals surface area contributed by atoms with Crippen LogP contribution in [-0.2, 0) is 4.74 Å². The highest BCUT2D eigenvalue weighted by atomic mass is 79.9. The van der Waals surface area contributed by atoms with Crippen LogP contribution in [-0.4, -0.2) is 23.0 Å². The van der Waals surface area contributed by atoms with Gasteiger partial charge in [0.2, 0.25) is 0 Å². The standard InChI is InChI=1S/C9H8BrN3O2/c1-15-8(14)6-4(10)2-3-5-7(6)13-9(11)12-5/h2-3H,1H3,(H3,11,12,13). The van der Waals surface area contributed by atoms with Crippen molar-refractivity contribution in [2.24, 2.45) is 0 Å². The average molecular weight is 270 g/mol. The molecule has 0 radical (unpaired) electrons. The predicted octanol–water partition coefficient (Wildman–Crippen LogP) is 1.69. The number of H-pyrrole nitrogens is 1. The van der Waals surface area contributed by atoms with Crippen molar-refractivity contribution in [2.45, 2.75) is 0 Å². The zero-order valence-corrected chi connectivity index (χ0v) is 9.46. The number of nitrogen functional groups attached to an aromatic ring is 1. The van der Waals surface area contributed by atoms with Gasteiger partial charge in [0.25, 0.3) is 0 Å². The number of nitrogens with two attached hydrogens (primary N) is 1. The second-order valence-electron chi connectivity index (χ2n) is 2.93. The van der Waals surface area contributed by atoms with Crippen LogP contribution in [0.2, 0.25) is 0 Å². The smallest absolute Gasteiger partial charge is 0.341 e. The third-order valence-corrected chi connectivity index (χ3v) is 2.67. The number of carbonyl (C=O) groups excluding carboxylic acids is 1. The largest absolute Gasteiger partial charge is 0.465 e. The van der Waals surface area contributed by atoms with Gasteiger partial charge in [-0.3, -0.25) is 0 Å². The minimum atomic E-state index is -0.445. The van der Waals surface area contributed by atoms with Gasteiger partial charge in [-0.15, -0.1) is 0 Å². The molecular formula is C9H8BrN3O2. The number of nitrogens with zero attached hydrogens (tertiary/aromatic N) is 1. The van der Waals surface area contributed by atoms with Gasteiger partial charge in [-0.05, 0) is 28.1 Å². The maximum absolute atomic E-state index is 11.5. The molecule has 0 saturated carbocycles. The average Bonchev–Trinajstić information content (AvgIpc) is 2.57. The van der Waals surface area contributed by atoms with Crippen LogP contribution in [0, 0.1) is 0 Å². The number of benzene rings is 1. The fraction of sp³-hybridized carbons (Fsp3) is 0.111. The fourth-order valence-corrected chi connectivity index (χ4v) is 1.85. The van der Waals surface area contributed by atoms with Crippen molar-refractivity contribution in [1.29, 1.82) is 0 Å². The number of carbonyl (C=O) groups is 1. The molecular weight excluding hydrogens is 262 g/mol. The maximum Gasteiger partial charge on any atom is 0.341 e. The van der Waals surface area contributed by atoms with Crippen LogP contribution in [0.5, 0.6) is 0 Å². The van der Waals surface area contributed by atoms with Gasteiger partial charge in [0.15, 0.2) is 5.95 Å². The highest BCUT2D eigenvalue weighted by Crippen LogP contribution is 2.26. The summed E-state index contributed by atoms with van der Waals surface area (Å²) in [5.41, 5.74) is 7.11. The number of rotatable bonds is 1. The van der Waals surface area contributed by atoms with Gasteiger partial charge in [-0.2, -0.15) is 0 Å². The summed E-state index contributed by atoms with van der Waals surface area (Å²) in [7, 11) is 1.32. The lowest BCUT2D eigenvalue weighted by molar-refractivity contribution is 0.0602. The van der Waals surface area contributed by atoms with Crippen molar-refractivity contribution >= 4 is 38.9 Å². The van der Waals surface area contributed by atoms with Gasteiger partial charge in [0.05, 0.1) is 12.6 Å². The summed E-state index contributed by atoms with van der Waals surface area (Å²) in [5.74, 6) is -0.174. The van der Waals surface area contributed by atoms with E-state index in [4.69, 9.17) is 5.73 Å². The van der Waals surface area contributed by atoms with Gasteiger partial charge in [-0.1, -0.05) is 0 Å². The molecule has 0 amide bonds. The highest BCUT2D eigenvalue weighted by Gasteiger charge is 2.17. The molecule has 0 unspecified atom stereocenters. The molecule has 1 aromatic carbocycles. The SMILES string of the molecule is COC(=O)c1c(Br)ccc2[nH]c(N)nc12. The van der Waals surface area contributed by atoms with Gasteiger partial charge in [0.1, 0.15) is 11.1 Å². The number of methoxy groups -OCH3 is 1. The first-order valence-corrected chi connectivity index (χ1v) is 4.95. The van der Waals surface area contributed by atoms with Crippen molar-refractivity contribution in [1.82, 2.24) is 9.97 Å². The quantitative estimate of drug-likeness (QED) is 0.773. The summed E-state index contributed by atoms with van der Waals surface area (Å²) in [6.07, 6.45) is 0. The van der Waals surface area contributed by atoms with Crippen LogP contribution in [0.3, 0.4) is 0 Å². The van der Waals surface area contributed by atoms with E-state index in [2.05, 4.69) is 30.6 Å². The van der Waals surface area contributed by atoms with Crippen molar-refractivity contribution < 1.29 is 9.53 Å². The molecule has 0 aliphatic heterocycles. The molecule has 1 aromatic heterocycles. The Morgan fingerprint density at radius 2 is 2.33 bits per heavy atom. The number of esters is 1. The number of nitrogens with one attached hydrogen (secondary N) is 1. The molecule has 78 valence electrons. The summed E-state index contributed by atoms with van der Waals surface area (Å²) in [4.78, 5) is 18.4. The Morgan fingerprint density at radius 3 is 3.00 bits per heavy atom. The first kappa shape index (κ1) is 9.97. The van der Waals surface area contributed by atoms with Gasteiger partial charge >= 0.3 is 5.97 Å². The van der Waals surface area contributed by atoms with Crippen LogP contribution in [0.15, 0.2) is 16.6 Å². The summed E-state index contributed by atoms with van der Waals surface area (Å²) in [6.45, 7) is 0. The van der Waals surface area contributed by atoms with Gasteiger partial charge in [0, 0.05) is 4.47 Å². The van der Waals surface area contributed by atoms with E-state index in [-0.39, 0.29) is 5.95 Å². The number of aromatic amines is 1. The first-order chi connectivity index (χ1) is 7.13. The number of aromatic nitrogens is 2. The van der Waals surface area contributed by atoms with Crippen LogP contribution in [0.4, 0.5) is 5.95 Å². The Morgan fingerprint density at radius 1 is 1.60 bits per heavy atom. The lowest BCUT2D eigenvalue weighted by Crippen LogP contribution is -2.03. The molecule has 0 aliphatic rings. The number of hydrogen-bond donors (Lipinski definition) is 2. The van der Waals surface area contributed by atoms with E-state index in [1.165, 1.54) is 7.11 Å². The normalized spacial score (nSPS) is 10.5. The Balaban J connectivity index is 2.78. The number of hydrogen-bond acceptors (Lipinski definition) is 4. The first-order valence-electron chi connectivity index (χ1n) is 4.15. The molecule has 1 heterocycles. The number of anilines is 1. The zero-order chi connectivity index (χ0) is 11.0. The Kier molecular flexibility index (Phi) is 2.36. The molecule has 2 rings (SSSR count). The Labute approximate surface area is 93.8 Å². The van der Waals surface area contributed by atoms with Gasteiger partial charge < -0.3 is 15.5 Å². The number of imidazole rings is 1. The maximum atomic E-state index is 11.5. The lowest BCUT2D eigenvalue weighted by Gasteiger charge is -2.02. The summed E-state index contributed by atoms with van der Waals surface area (Å²) >= 11 is 3.27. The number of fused-ring (bicyclic) bond motifs is 1. The molecule has 0 atom stereocenters. The van der Waals surface area contributed by atoms with Crippen LogP contribution >= 0.6 is 15.9 Å². The van der Waals surface area contributed by atoms with E-state index in [0.717, 1.165) is 0 Å². The van der Waals surface area contributed by atoms with Crippen LogP contribution < -0.4 is 5.73 Å². The topological polar surface area (TPSA) is 81.0 Å². The minimum absolute atomic E-state index is 0.272. The second-order valence-corrected chi connectivity index (χ2v) is 3.79. The number of halogens is 1. The van der Waals surface area contributed by atoms with Crippen molar-refractivity contribution in [3.8, 4) is 0 Å². The van der Waals surface area contributed by atoms with Crippen molar-refractivity contribution in [3.05, 3.63) is 22.2 Å². The van der Waals surface area contributed by atoms with E-state index in [1.54, 1.807) is 12.1 Å². The summed E-state index contributed by atoms with van der Waals surface area (Å²) in [6, 6.07) is 3.53. The Bertz CT molecular complexity index is 535. The number of ether oxygens (including phenoxy) is 1. The van der Waals surface area contributed by atoms with E-state index >= 15 is 0 Å². The van der Waals surface area contributed by atoms with Crippen LogP contribution in [0.1, 0.15) is 10.4 Å². The lowest BCUT2D eigenvalue weighted by atomic mass is 10.2. The molecule has 0 fully saturated rings. The zero-order valence-electron chi connectivity index (χ0n) is 7.87. The minimum Gasteiger partial charge on any atom is -0.465 e. The molecule has 15 heavy (non-hydrogen) atoms. The molecule has 0 saturated heterocycles. The molecule has 0 spiro atoms. The molecule has 3 N–H and O–H groups in total. The van der Waals surface area contributed by atoms with E-state index in [1.807, 2.05) is 0 Å². The third kappa shape index (κ3) is 1.56. The van der Waals surface area contributed by atoms with Crippen molar-refractivity contribution in [3.63, 3.8) is 0 Å². The van der Waals surface area contributed by atoms with Crippen molar-refractivity contribution in [2.75, 3.05) is 12.8 Å². The second kappa shape index (κ2) is 3.54. The molecule has 5 nitrogen and oxygen atoms in total. The summed E-state index contributed by atoms with van der Waals surface area (Å²) in [5, 5.41) is 0. The molecule has 0 bridgehead atoms. The highest BCUT2D eigenvalue weighted by molar-refractivity contribution is 9.10. The third-order valence-electron chi connectivity index (χ3n) is 2.01. The molecule has 0 aliphatic carbocycles. The monoisotopic (exact) mass is 269 g/mol. The van der Waals surface area contributed by atoms with E-state index in [9.17, 15) is 4.79 Å². The van der Waals surface area contributed by atoms with Gasteiger partial charge in [-0.25, -0.2) is 9.78 Å². The van der Waals surface area contributed by atoms with E-state index < -0.39 is 5.97 Å². The van der Waals surface area contributed by atoms with E-state index in [0.29, 0.717) is 21.1 Å². The van der Waals surface area contributed by atoms with Crippen LogP contribution in [0.25, 0.3) is 11.0 Å². The predicted molar refractivity (Wildman–Crippen MR) is 59.5 cm³/mol. The molecule has 6 heteroatoms. The summed E-state index contributed by atoms with van der Waals surface area (Å²) < 4.78 is 5.30. The Hall–Kier alpha value is -1.56. The molecule has 2 aromatic rings. The fourth-order valence-electron chi connectivity index (χ4n) is 1.37.